The molecule has 1 saturated heterocycles. The Morgan fingerprint density at radius 3 is 2.41 bits per heavy atom. The first kappa shape index (κ1) is 28.2. The van der Waals surface area contributed by atoms with E-state index in [1.807, 2.05) is 13.0 Å². The van der Waals surface area contributed by atoms with Gasteiger partial charge in [0, 0.05) is 43.1 Å². The van der Waals surface area contributed by atoms with Crippen molar-refractivity contribution in [1.29, 1.82) is 0 Å². The Hall–Kier alpha value is -3.33. The quantitative estimate of drug-likeness (QED) is 0.467. The molecule has 0 radical (unpaired) electrons. The molecule has 2 aromatic carbocycles. The van der Waals surface area contributed by atoms with Crippen LogP contribution in [-0.4, -0.2) is 55.7 Å². The van der Waals surface area contributed by atoms with Crippen molar-refractivity contribution in [2.24, 2.45) is 0 Å². The summed E-state index contributed by atoms with van der Waals surface area (Å²) >= 11 is 0. The molecular formula is C28H37FN2O6. The zero-order valence-electron chi connectivity index (χ0n) is 22.6. The fraction of sp³-hybridized carbons (Fsp3) is 0.500. The fourth-order valence-corrected chi connectivity index (χ4v) is 4.38. The highest BCUT2D eigenvalue weighted by Crippen LogP contribution is 2.40. The van der Waals surface area contributed by atoms with E-state index in [1.54, 1.807) is 59.9 Å². The summed E-state index contributed by atoms with van der Waals surface area (Å²) in [4.78, 5) is 27.0. The SMILES string of the molecule is CCOC(=O)C[C@H](NC(=O)OC(C)(C)C)c1cc(-c2c(C)cc(N3CC(OC)C3)cc2O)cc(C)c1F. The number of esters is 1. The number of aromatic hydroxyl groups is 1. The number of carbonyl (C=O) groups excluding carboxylic acids is 2. The molecule has 0 aliphatic carbocycles. The first-order valence-corrected chi connectivity index (χ1v) is 12.4. The van der Waals surface area contributed by atoms with Crippen LogP contribution in [0.5, 0.6) is 5.75 Å². The molecule has 1 amide bonds. The van der Waals surface area contributed by atoms with Crippen LogP contribution in [0.15, 0.2) is 24.3 Å². The van der Waals surface area contributed by atoms with Gasteiger partial charge in [-0.3, -0.25) is 4.79 Å². The minimum absolute atomic E-state index is 0.0508. The lowest BCUT2D eigenvalue weighted by Crippen LogP contribution is -2.51. The number of methoxy groups -OCH3 is 1. The number of nitrogens with zero attached hydrogens (tertiary/aromatic N) is 1. The number of rotatable bonds is 8. The van der Waals surface area contributed by atoms with E-state index in [4.69, 9.17) is 14.2 Å². The van der Waals surface area contributed by atoms with Crippen LogP contribution in [0.25, 0.3) is 11.1 Å². The Kier molecular flexibility index (Phi) is 8.68. The Balaban J connectivity index is 2.00. The highest BCUT2D eigenvalue weighted by Gasteiger charge is 2.29. The van der Waals surface area contributed by atoms with Gasteiger partial charge in [0.15, 0.2) is 0 Å². The number of hydrogen-bond donors (Lipinski definition) is 2. The average Bonchev–Trinajstić information content (AvgIpc) is 2.73. The molecule has 2 aromatic rings. The molecule has 1 atom stereocenters. The van der Waals surface area contributed by atoms with Crippen molar-refractivity contribution in [2.75, 3.05) is 31.7 Å². The molecule has 8 nitrogen and oxygen atoms in total. The molecule has 1 aliphatic rings. The molecular weight excluding hydrogens is 479 g/mol. The second-order valence-corrected chi connectivity index (χ2v) is 10.3. The predicted octanol–water partition coefficient (Wildman–Crippen LogP) is 5.17. The van der Waals surface area contributed by atoms with Crippen LogP contribution < -0.4 is 10.2 Å². The van der Waals surface area contributed by atoms with E-state index in [-0.39, 0.29) is 30.4 Å². The molecule has 9 heteroatoms. The topological polar surface area (TPSA) is 97.3 Å². The number of halogens is 1. The number of anilines is 1. The number of amides is 1. The van der Waals surface area contributed by atoms with Crippen molar-refractivity contribution < 1.29 is 33.3 Å². The maximum Gasteiger partial charge on any atom is 0.408 e. The first-order valence-electron chi connectivity index (χ1n) is 12.4. The average molecular weight is 517 g/mol. The van der Waals surface area contributed by atoms with Crippen LogP contribution in [0.3, 0.4) is 0 Å². The van der Waals surface area contributed by atoms with Gasteiger partial charge in [-0.25, -0.2) is 9.18 Å². The van der Waals surface area contributed by atoms with Crippen molar-refractivity contribution in [3.05, 3.63) is 46.8 Å². The first-order chi connectivity index (χ1) is 17.3. The molecule has 0 bridgehead atoms. The van der Waals surface area contributed by atoms with E-state index >= 15 is 4.39 Å². The van der Waals surface area contributed by atoms with E-state index in [0.717, 1.165) is 24.3 Å². The Labute approximate surface area is 217 Å². The zero-order valence-corrected chi connectivity index (χ0v) is 22.6. The van der Waals surface area contributed by atoms with Crippen molar-refractivity contribution in [3.63, 3.8) is 0 Å². The Morgan fingerprint density at radius 1 is 1.16 bits per heavy atom. The van der Waals surface area contributed by atoms with Gasteiger partial charge in [-0.05, 0) is 76.4 Å². The lowest BCUT2D eigenvalue weighted by molar-refractivity contribution is -0.143. The molecule has 1 heterocycles. The number of benzene rings is 2. The van der Waals surface area contributed by atoms with Gasteiger partial charge in [-0.2, -0.15) is 0 Å². The number of carbonyl (C=O) groups is 2. The molecule has 202 valence electrons. The van der Waals surface area contributed by atoms with Crippen LogP contribution in [-0.2, 0) is 19.0 Å². The van der Waals surface area contributed by atoms with Crippen LogP contribution in [0, 0.1) is 19.7 Å². The normalized spacial score (nSPS) is 14.6. The summed E-state index contributed by atoms with van der Waals surface area (Å²) in [6.45, 7) is 11.9. The number of nitrogens with one attached hydrogen (secondary N) is 1. The number of phenolic OH excluding ortho intramolecular Hbond substituents is 1. The standard InChI is InChI=1S/C28H37FN2O6/c1-8-36-24(33)13-22(30-27(34)37-28(4,5)6)21-11-18(9-17(3)26(21)29)25-16(2)10-19(12-23(25)32)31-14-20(15-31)35-7/h9-12,20,22,32H,8,13-15H2,1-7H3,(H,30,34)/t22-/m0/s1. The summed E-state index contributed by atoms with van der Waals surface area (Å²) in [5.74, 6) is -1.10. The third-order valence-corrected chi connectivity index (χ3v) is 6.16. The highest BCUT2D eigenvalue weighted by molar-refractivity contribution is 5.79. The summed E-state index contributed by atoms with van der Waals surface area (Å²) in [5, 5.41) is 13.6. The van der Waals surface area contributed by atoms with Crippen molar-refractivity contribution >= 4 is 17.7 Å². The summed E-state index contributed by atoms with van der Waals surface area (Å²) < 4.78 is 31.2. The van der Waals surface area contributed by atoms with E-state index in [9.17, 15) is 14.7 Å². The lowest BCUT2D eigenvalue weighted by Gasteiger charge is -2.40. The second-order valence-electron chi connectivity index (χ2n) is 10.3. The third-order valence-electron chi connectivity index (χ3n) is 6.16. The maximum atomic E-state index is 15.4. The van der Waals surface area contributed by atoms with Crippen LogP contribution in [0.4, 0.5) is 14.9 Å². The van der Waals surface area contributed by atoms with Gasteiger partial charge in [0.25, 0.3) is 0 Å². The lowest BCUT2D eigenvalue weighted by atomic mass is 9.91. The number of ether oxygens (including phenoxy) is 3. The number of phenols is 1. The summed E-state index contributed by atoms with van der Waals surface area (Å²) in [6.07, 6.45) is -0.901. The van der Waals surface area contributed by atoms with E-state index in [1.165, 1.54) is 0 Å². The zero-order chi connectivity index (χ0) is 27.5. The summed E-state index contributed by atoms with van der Waals surface area (Å²) in [6, 6.07) is 5.80. The van der Waals surface area contributed by atoms with Crippen molar-refractivity contribution in [3.8, 4) is 16.9 Å². The minimum atomic E-state index is -1.04. The van der Waals surface area contributed by atoms with Crippen LogP contribution >= 0.6 is 0 Å². The Morgan fingerprint density at radius 2 is 1.84 bits per heavy atom. The largest absolute Gasteiger partial charge is 0.507 e. The predicted molar refractivity (Wildman–Crippen MR) is 139 cm³/mol. The van der Waals surface area contributed by atoms with Crippen LogP contribution in [0.1, 0.15) is 56.8 Å². The van der Waals surface area contributed by atoms with E-state index in [0.29, 0.717) is 16.7 Å². The number of hydrogen-bond acceptors (Lipinski definition) is 7. The smallest absolute Gasteiger partial charge is 0.408 e. The van der Waals surface area contributed by atoms with Crippen LogP contribution in [0.2, 0.25) is 0 Å². The van der Waals surface area contributed by atoms with Crippen molar-refractivity contribution in [1.82, 2.24) is 5.32 Å². The fourth-order valence-electron chi connectivity index (χ4n) is 4.38. The number of aryl methyl sites for hydroxylation is 2. The second kappa shape index (κ2) is 11.4. The molecule has 1 aliphatic heterocycles. The molecule has 0 saturated carbocycles. The molecule has 1 fully saturated rings. The van der Waals surface area contributed by atoms with Gasteiger partial charge >= 0.3 is 12.1 Å². The highest BCUT2D eigenvalue weighted by atomic mass is 19.1. The van der Waals surface area contributed by atoms with Gasteiger partial charge in [0.2, 0.25) is 0 Å². The third kappa shape index (κ3) is 6.91. The van der Waals surface area contributed by atoms with E-state index in [2.05, 4.69) is 10.2 Å². The number of alkyl carbamates (subject to hydrolysis) is 1. The molecule has 3 rings (SSSR count). The van der Waals surface area contributed by atoms with Gasteiger partial charge in [-0.1, -0.05) is 0 Å². The van der Waals surface area contributed by atoms with Gasteiger partial charge in [0.1, 0.15) is 17.2 Å². The van der Waals surface area contributed by atoms with Gasteiger partial charge < -0.3 is 29.5 Å². The van der Waals surface area contributed by atoms with Gasteiger partial charge in [0.05, 0.1) is 25.2 Å². The van der Waals surface area contributed by atoms with Crippen molar-refractivity contribution in [2.45, 2.75) is 65.7 Å². The molecule has 37 heavy (non-hydrogen) atoms. The van der Waals surface area contributed by atoms with Gasteiger partial charge in [-0.15, -0.1) is 0 Å². The Bertz CT molecular complexity index is 1130. The maximum absolute atomic E-state index is 15.4. The molecule has 2 N–H and O–H groups in total. The van der Waals surface area contributed by atoms with E-state index < -0.39 is 29.5 Å². The molecule has 0 unspecified atom stereocenters. The molecule has 0 aromatic heterocycles. The summed E-state index contributed by atoms with van der Waals surface area (Å²) in [5.41, 5.74) is 2.41. The minimum Gasteiger partial charge on any atom is -0.507 e. The molecule has 0 spiro atoms. The monoisotopic (exact) mass is 516 g/mol. The summed E-state index contributed by atoms with van der Waals surface area (Å²) in [7, 11) is 1.68.